The van der Waals surface area contributed by atoms with E-state index in [9.17, 15) is 4.57 Å². The number of oxime groups is 1. The number of hydrogen-bond acceptors (Lipinski definition) is 13. The number of phosphoric acid groups is 1. The minimum Gasteiger partial charge on any atom is -0.385 e. The predicted molar refractivity (Wildman–Crippen MR) is 209 cm³/mol. The summed E-state index contributed by atoms with van der Waals surface area (Å²) in [5.41, 5.74) is -1.00. The third kappa shape index (κ3) is 6.40. The maximum Gasteiger partial charge on any atom is 0.668 e. The average Bonchev–Trinajstić information content (AvgIpc) is 3.58. The van der Waals surface area contributed by atoms with E-state index in [2.05, 4.69) is 27.7 Å². The highest BCUT2D eigenvalue weighted by Crippen LogP contribution is 2.63. The van der Waals surface area contributed by atoms with Crippen molar-refractivity contribution in [1.82, 2.24) is 0 Å². The molecule has 2 spiro atoms. The fraction of sp³-hybridized carbons (Fsp3) is 0.705. The molecule has 0 N–H and O–H groups in total. The molecular formula is C44H58NO12P. The highest BCUT2D eigenvalue weighted by Gasteiger charge is 2.71. The van der Waals surface area contributed by atoms with E-state index in [0.29, 0.717) is 35.5 Å². The molecule has 316 valence electrons. The average molecular weight is 824 g/mol. The van der Waals surface area contributed by atoms with Crippen LogP contribution in [0.3, 0.4) is 0 Å². The van der Waals surface area contributed by atoms with Crippen molar-refractivity contribution in [3.63, 3.8) is 0 Å². The van der Waals surface area contributed by atoms with Gasteiger partial charge >= 0.3 is 7.82 Å². The molecule has 14 heteroatoms. The molecule has 58 heavy (non-hydrogen) atoms. The van der Waals surface area contributed by atoms with Crippen LogP contribution in [0.4, 0.5) is 0 Å². The first-order valence-electron chi connectivity index (χ1n) is 21.6. The van der Waals surface area contributed by atoms with Crippen LogP contribution in [0.1, 0.15) is 99.3 Å². The van der Waals surface area contributed by atoms with Crippen LogP contribution >= 0.6 is 7.82 Å². The molecular weight excluding hydrogens is 765 g/mol. The summed E-state index contributed by atoms with van der Waals surface area (Å²) in [6.07, 6.45) is 5.11. The second-order valence-electron chi connectivity index (χ2n) is 18.9. The Labute approximate surface area is 341 Å². The zero-order valence-corrected chi connectivity index (χ0v) is 35.3. The van der Waals surface area contributed by atoms with Crippen LogP contribution in [0.25, 0.3) is 0 Å². The molecule has 4 bridgehead atoms. The van der Waals surface area contributed by atoms with Gasteiger partial charge in [0.05, 0.1) is 11.8 Å². The van der Waals surface area contributed by atoms with E-state index in [0.717, 1.165) is 44.9 Å². The van der Waals surface area contributed by atoms with Crippen LogP contribution in [0.15, 0.2) is 65.8 Å². The second kappa shape index (κ2) is 14.5. The Hall–Kier alpha value is -2.58. The third-order valence-electron chi connectivity index (χ3n) is 15.4. The van der Waals surface area contributed by atoms with Gasteiger partial charge in [0, 0.05) is 31.1 Å². The molecule has 2 aromatic rings. The summed E-state index contributed by atoms with van der Waals surface area (Å²) in [7, 11) is -4.44. The zero-order chi connectivity index (χ0) is 40.1. The summed E-state index contributed by atoms with van der Waals surface area (Å²) < 4.78 is 60.7. The Kier molecular flexibility index (Phi) is 9.90. The number of phosphoric ester groups is 1. The molecule has 2 saturated carbocycles. The van der Waals surface area contributed by atoms with Crippen molar-refractivity contribution in [1.29, 1.82) is 0 Å². The third-order valence-corrected chi connectivity index (χ3v) is 16.5. The van der Waals surface area contributed by atoms with Gasteiger partial charge in [0.25, 0.3) is 0 Å². The number of ether oxygens (including phenoxy) is 4. The molecule has 8 saturated heterocycles. The number of hydrogen-bond donors (Lipinski definition) is 0. The lowest BCUT2D eigenvalue weighted by Gasteiger charge is -2.61. The fourth-order valence-corrected chi connectivity index (χ4v) is 13.4. The van der Waals surface area contributed by atoms with Gasteiger partial charge in [-0.1, -0.05) is 69.2 Å². The molecule has 0 aromatic heterocycles. The summed E-state index contributed by atoms with van der Waals surface area (Å²) >= 11 is 0. The lowest BCUT2D eigenvalue weighted by Crippen LogP contribution is -2.71. The van der Waals surface area contributed by atoms with Gasteiger partial charge in [-0.2, -0.15) is 4.57 Å². The van der Waals surface area contributed by atoms with Gasteiger partial charge < -0.3 is 28.0 Å². The summed E-state index contributed by atoms with van der Waals surface area (Å²) in [5.74, 6) is -0.0302. The fourth-order valence-electron chi connectivity index (χ4n) is 12.3. The monoisotopic (exact) mass is 823 g/mol. The topological polar surface area (TPSA) is 131 Å². The molecule has 0 amide bonds. The minimum absolute atomic E-state index is 0.00462. The van der Waals surface area contributed by atoms with Crippen LogP contribution in [-0.2, 0) is 47.7 Å². The van der Waals surface area contributed by atoms with Gasteiger partial charge in [-0.05, 0) is 112 Å². The predicted octanol–water partition coefficient (Wildman–Crippen LogP) is 9.52. The molecule has 8 heterocycles. The SMILES string of the molecule is C[C@H]1[C@@H](/C(C[C@H]2O[C@@H]3O[C@@]4(C)CC[C@H]5[C@H](C)CC[C@@H]([C@H]2C)[C@@]35OO4)=N\OP(=O)(Oc2ccccc2)Oc2ccccc2)O[C@@H]2O[C@@]3(C)CC[C@H]4[C@H](C)CC[C@@H]1[C@@]24OO3. The summed E-state index contributed by atoms with van der Waals surface area (Å²) in [4.78, 5) is 25.2. The van der Waals surface area contributed by atoms with Crippen molar-refractivity contribution >= 4 is 13.5 Å². The highest BCUT2D eigenvalue weighted by molar-refractivity contribution is 7.49. The van der Waals surface area contributed by atoms with Crippen molar-refractivity contribution in [3.8, 4) is 11.5 Å². The maximum atomic E-state index is 14.8. The number of fused-ring (bicyclic) bond motifs is 4. The van der Waals surface area contributed by atoms with Crippen LogP contribution in [0, 0.1) is 47.3 Å². The van der Waals surface area contributed by atoms with Gasteiger partial charge in [0.2, 0.25) is 11.6 Å². The normalized spacial score (nSPS) is 46.9. The van der Waals surface area contributed by atoms with Gasteiger partial charge in [-0.25, -0.2) is 19.6 Å². The molecule has 10 fully saturated rings. The molecule has 8 aliphatic heterocycles. The van der Waals surface area contributed by atoms with E-state index in [4.69, 9.17) is 57.3 Å². The first-order chi connectivity index (χ1) is 27.8. The van der Waals surface area contributed by atoms with Crippen molar-refractivity contribution in [2.45, 2.75) is 147 Å². The minimum atomic E-state index is -4.44. The van der Waals surface area contributed by atoms with Gasteiger partial charge in [-0.15, -0.1) is 0 Å². The van der Waals surface area contributed by atoms with Crippen LogP contribution in [-0.4, -0.2) is 53.3 Å². The molecule has 0 radical (unpaired) electrons. The lowest BCUT2D eigenvalue weighted by atomic mass is 9.56. The molecule has 2 aliphatic carbocycles. The second-order valence-corrected chi connectivity index (χ2v) is 20.3. The molecule has 16 atom stereocenters. The van der Waals surface area contributed by atoms with Crippen LogP contribution < -0.4 is 9.05 Å². The Balaban J connectivity index is 1.03. The standard InChI is InChI=1S/C44H58NO12P/c1-26-17-19-34-28(3)37(47-39-43(34)32(26)21-23-41(5,49-39)53-55-43)25-36(45-57-58(46,51-30-13-9-7-10-14-30)52-31-15-11-8-12-16-31)38-29(4)35-20-18-27(2)33-22-24-42(6)50-40(48-38)44(33,35)56-54-42/h7-16,26-29,32-35,37-40H,17-25H2,1-6H3/b45-36-/t26-,27-,28-,29-,32+,33+,34+,35+,37-,38+,39-,40-,41-,42-,43-,44-/m1/s1. The van der Waals surface area contributed by atoms with E-state index in [1.165, 1.54) is 0 Å². The quantitative estimate of drug-likeness (QED) is 0.103. The van der Waals surface area contributed by atoms with E-state index in [1.807, 2.05) is 26.0 Å². The van der Waals surface area contributed by atoms with E-state index in [1.54, 1.807) is 48.5 Å². The van der Waals surface area contributed by atoms with Crippen molar-refractivity contribution in [2.24, 2.45) is 52.5 Å². The Morgan fingerprint density at radius 3 is 1.69 bits per heavy atom. The largest absolute Gasteiger partial charge is 0.668 e. The summed E-state index contributed by atoms with van der Waals surface area (Å²) in [5, 5.41) is 4.80. The van der Waals surface area contributed by atoms with E-state index in [-0.39, 0.29) is 48.0 Å². The Bertz CT molecular complexity index is 1860. The first kappa shape index (κ1) is 39.5. The molecule has 12 rings (SSSR count). The highest BCUT2D eigenvalue weighted by atomic mass is 31.2. The number of rotatable bonds is 9. The van der Waals surface area contributed by atoms with Gasteiger partial charge in [0.15, 0.2) is 23.8 Å². The van der Waals surface area contributed by atoms with Crippen molar-refractivity contribution < 1.29 is 56.7 Å². The summed E-state index contributed by atoms with van der Waals surface area (Å²) in [6, 6.07) is 17.6. The van der Waals surface area contributed by atoms with E-state index >= 15 is 0 Å². The maximum absolute atomic E-state index is 14.8. The molecule has 10 aliphatic rings. The Morgan fingerprint density at radius 2 is 1.16 bits per heavy atom. The molecule has 13 nitrogen and oxygen atoms in total. The number of benzene rings is 2. The number of para-hydroxylation sites is 2. The first-order valence-corrected chi connectivity index (χ1v) is 23.0. The van der Waals surface area contributed by atoms with Gasteiger partial charge in [0.1, 0.15) is 17.6 Å². The van der Waals surface area contributed by atoms with Crippen LogP contribution in [0.5, 0.6) is 11.5 Å². The Morgan fingerprint density at radius 1 is 0.655 bits per heavy atom. The molecule has 2 aromatic carbocycles. The van der Waals surface area contributed by atoms with Gasteiger partial charge in [-0.3, -0.25) is 4.62 Å². The molecule has 0 unspecified atom stereocenters. The van der Waals surface area contributed by atoms with Crippen LogP contribution in [0.2, 0.25) is 0 Å². The number of nitrogens with zero attached hydrogens (tertiary/aromatic N) is 1. The smallest absolute Gasteiger partial charge is 0.385 e. The van der Waals surface area contributed by atoms with Crippen molar-refractivity contribution in [2.75, 3.05) is 0 Å². The summed E-state index contributed by atoms with van der Waals surface area (Å²) in [6.45, 7) is 12.9. The zero-order valence-electron chi connectivity index (χ0n) is 34.4. The van der Waals surface area contributed by atoms with Crippen molar-refractivity contribution in [3.05, 3.63) is 60.7 Å². The lowest BCUT2D eigenvalue weighted by molar-refractivity contribution is -0.571. The van der Waals surface area contributed by atoms with E-state index < -0.39 is 49.3 Å².